The summed E-state index contributed by atoms with van der Waals surface area (Å²) in [6.45, 7) is 0. The molecule has 4 heteroatoms. The molecule has 0 aliphatic rings. The number of hydrogen-bond donors (Lipinski definition) is 1. The molecular weight excluding hydrogens is 222 g/mol. The van der Waals surface area contributed by atoms with Crippen molar-refractivity contribution in [2.45, 2.75) is 0 Å². The van der Waals surface area contributed by atoms with Crippen LogP contribution in [-0.2, 0) is 0 Å². The molecule has 2 aromatic carbocycles. The van der Waals surface area contributed by atoms with Gasteiger partial charge < -0.3 is 5.73 Å². The number of nitrogens with zero attached hydrogens (tertiary/aromatic N) is 1. The highest BCUT2D eigenvalue weighted by atomic mass is 19.1. The number of nitrogens with two attached hydrogens (primary N) is 1. The molecule has 0 aliphatic heterocycles. The molecule has 0 aliphatic carbocycles. The van der Waals surface area contributed by atoms with Crippen LogP contribution < -0.4 is 5.73 Å². The molecule has 0 heterocycles. The van der Waals surface area contributed by atoms with Crippen molar-refractivity contribution in [3.8, 4) is 0 Å². The maximum atomic E-state index is 13.4. The van der Waals surface area contributed by atoms with E-state index in [2.05, 4.69) is 4.99 Å². The van der Waals surface area contributed by atoms with E-state index in [1.54, 1.807) is 24.3 Å². The van der Waals surface area contributed by atoms with Crippen molar-refractivity contribution in [3.63, 3.8) is 0 Å². The molecule has 0 saturated carbocycles. The molecule has 2 N–H and O–H groups in total. The smallest absolute Gasteiger partial charge is 0.148 e. The van der Waals surface area contributed by atoms with E-state index in [4.69, 9.17) is 5.73 Å². The lowest BCUT2D eigenvalue weighted by molar-refractivity contribution is 0.624. The molecule has 2 nitrogen and oxygen atoms in total. The van der Waals surface area contributed by atoms with Gasteiger partial charge in [-0.3, -0.25) is 0 Å². The van der Waals surface area contributed by atoms with Gasteiger partial charge in [0.05, 0.1) is 5.56 Å². The van der Waals surface area contributed by atoms with Gasteiger partial charge in [0.15, 0.2) is 0 Å². The van der Waals surface area contributed by atoms with Crippen LogP contribution in [0, 0.1) is 11.6 Å². The standard InChI is InChI=1S/C13H10F2N2/c14-10-6-2-1-5-9(10)13(16)17-12-8-4-3-7-11(12)15/h1-8H,(H2,16,17). The SMILES string of the molecule is NC(=Nc1ccccc1F)c1ccccc1F. The van der Waals surface area contributed by atoms with Gasteiger partial charge in [-0.2, -0.15) is 0 Å². The van der Waals surface area contributed by atoms with Crippen LogP contribution in [0.2, 0.25) is 0 Å². The predicted molar refractivity (Wildman–Crippen MR) is 63.2 cm³/mol. The van der Waals surface area contributed by atoms with Crippen LogP contribution in [0.1, 0.15) is 5.56 Å². The van der Waals surface area contributed by atoms with Crippen LogP contribution in [0.5, 0.6) is 0 Å². The van der Waals surface area contributed by atoms with Gasteiger partial charge in [0, 0.05) is 0 Å². The maximum absolute atomic E-state index is 13.4. The molecule has 0 atom stereocenters. The van der Waals surface area contributed by atoms with Crippen LogP contribution in [0.3, 0.4) is 0 Å². The summed E-state index contributed by atoms with van der Waals surface area (Å²) in [6, 6.07) is 11.9. The van der Waals surface area contributed by atoms with E-state index in [1.807, 2.05) is 0 Å². The first-order valence-corrected chi connectivity index (χ1v) is 5.02. The van der Waals surface area contributed by atoms with Gasteiger partial charge in [-0.05, 0) is 24.3 Å². The molecule has 0 radical (unpaired) electrons. The lowest BCUT2D eigenvalue weighted by Gasteiger charge is -2.02. The van der Waals surface area contributed by atoms with Crippen LogP contribution in [0.15, 0.2) is 53.5 Å². The van der Waals surface area contributed by atoms with Crippen molar-refractivity contribution < 1.29 is 8.78 Å². The van der Waals surface area contributed by atoms with Crippen molar-refractivity contribution in [1.82, 2.24) is 0 Å². The Morgan fingerprint density at radius 2 is 1.47 bits per heavy atom. The summed E-state index contributed by atoms with van der Waals surface area (Å²) in [6.07, 6.45) is 0. The fourth-order valence-electron chi connectivity index (χ4n) is 1.40. The zero-order valence-electron chi connectivity index (χ0n) is 8.90. The second kappa shape index (κ2) is 4.74. The molecular formula is C13H10F2N2. The molecule has 2 rings (SSSR count). The Kier molecular flexibility index (Phi) is 3.14. The van der Waals surface area contributed by atoms with Crippen molar-refractivity contribution in [1.29, 1.82) is 0 Å². The van der Waals surface area contributed by atoms with Crippen molar-refractivity contribution in [3.05, 3.63) is 65.7 Å². The van der Waals surface area contributed by atoms with E-state index >= 15 is 0 Å². The fraction of sp³-hybridized carbons (Fsp3) is 0. The third kappa shape index (κ3) is 2.47. The second-order valence-electron chi connectivity index (χ2n) is 3.43. The summed E-state index contributed by atoms with van der Waals surface area (Å²) in [5, 5.41) is 0. The lowest BCUT2D eigenvalue weighted by Crippen LogP contribution is -2.14. The van der Waals surface area contributed by atoms with E-state index in [9.17, 15) is 8.78 Å². The van der Waals surface area contributed by atoms with E-state index in [1.165, 1.54) is 24.3 Å². The molecule has 0 aromatic heterocycles. The average molecular weight is 232 g/mol. The normalized spacial score (nSPS) is 11.5. The van der Waals surface area contributed by atoms with Crippen LogP contribution in [-0.4, -0.2) is 5.84 Å². The molecule has 0 spiro atoms. The van der Waals surface area contributed by atoms with Gasteiger partial charge in [0.1, 0.15) is 23.2 Å². The molecule has 0 saturated heterocycles. The number of aliphatic imine (C=N–C) groups is 1. The molecule has 0 amide bonds. The zero-order valence-corrected chi connectivity index (χ0v) is 8.90. The first-order valence-electron chi connectivity index (χ1n) is 5.02. The Labute approximate surface area is 97.4 Å². The predicted octanol–water partition coefficient (Wildman–Crippen LogP) is 3.00. The number of halogens is 2. The Morgan fingerprint density at radius 1 is 0.882 bits per heavy atom. The van der Waals surface area contributed by atoms with Gasteiger partial charge in [0.25, 0.3) is 0 Å². The number of benzene rings is 2. The first kappa shape index (κ1) is 11.3. The topological polar surface area (TPSA) is 38.4 Å². The highest BCUT2D eigenvalue weighted by Gasteiger charge is 2.06. The molecule has 86 valence electrons. The Morgan fingerprint density at radius 3 is 2.12 bits per heavy atom. The number of hydrogen-bond acceptors (Lipinski definition) is 1. The number of rotatable bonds is 2. The Bertz CT molecular complexity index is 565. The summed E-state index contributed by atoms with van der Waals surface area (Å²) >= 11 is 0. The van der Waals surface area contributed by atoms with Crippen LogP contribution in [0.4, 0.5) is 14.5 Å². The highest BCUT2D eigenvalue weighted by molar-refractivity contribution is 5.99. The van der Waals surface area contributed by atoms with Gasteiger partial charge in [0.2, 0.25) is 0 Å². The van der Waals surface area contributed by atoms with E-state index in [-0.39, 0.29) is 17.1 Å². The molecule has 0 fully saturated rings. The third-order valence-corrected chi connectivity index (χ3v) is 2.24. The highest BCUT2D eigenvalue weighted by Crippen LogP contribution is 2.17. The molecule has 0 unspecified atom stereocenters. The van der Waals surface area contributed by atoms with Crippen molar-refractivity contribution in [2.24, 2.45) is 10.7 Å². The minimum absolute atomic E-state index is 0.0480. The fourth-order valence-corrected chi connectivity index (χ4v) is 1.40. The summed E-state index contributed by atoms with van der Waals surface area (Å²) in [7, 11) is 0. The number of amidine groups is 1. The number of para-hydroxylation sites is 1. The average Bonchev–Trinajstić information content (AvgIpc) is 2.32. The second-order valence-corrected chi connectivity index (χ2v) is 3.43. The Balaban J connectivity index is 2.42. The minimum atomic E-state index is -0.494. The zero-order chi connectivity index (χ0) is 12.3. The van der Waals surface area contributed by atoms with Crippen molar-refractivity contribution in [2.75, 3.05) is 0 Å². The molecule has 0 bridgehead atoms. The monoisotopic (exact) mass is 232 g/mol. The van der Waals surface area contributed by atoms with Gasteiger partial charge in [-0.15, -0.1) is 0 Å². The molecule has 2 aromatic rings. The minimum Gasteiger partial charge on any atom is -0.383 e. The van der Waals surface area contributed by atoms with E-state index in [0.717, 1.165) is 0 Å². The molecule has 17 heavy (non-hydrogen) atoms. The summed E-state index contributed by atoms with van der Waals surface area (Å²) in [4.78, 5) is 3.87. The third-order valence-electron chi connectivity index (χ3n) is 2.24. The summed E-state index contributed by atoms with van der Waals surface area (Å²) in [5.74, 6) is -1.02. The lowest BCUT2D eigenvalue weighted by atomic mass is 10.2. The van der Waals surface area contributed by atoms with E-state index < -0.39 is 11.6 Å². The largest absolute Gasteiger partial charge is 0.383 e. The maximum Gasteiger partial charge on any atom is 0.148 e. The van der Waals surface area contributed by atoms with Crippen LogP contribution in [0.25, 0.3) is 0 Å². The van der Waals surface area contributed by atoms with Gasteiger partial charge in [-0.1, -0.05) is 24.3 Å². The van der Waals surface area contributed by atoms with E-state index in [0.29, 0.717) is 0 Å². The van der Waals surface area contributed by atoms with Gasteiger partial charge in [-0.25, -0.2) is 13.8 Å². The summed E-state index contributed by atoms with van der Waals surface area (Å²) in [5.41, 5.74) is 5.89. The van der Waals surface area contributed by atoms with Gasteiger partial charge >= 0.3 is 0 Å². The quantitative estimate of drug-likeness (QED) is 0.627. The summed E-state index contributed by atoms with van der Waals surface area (Å²) < 4.78 is 26.7. The van der Waals surface area contributed by atoms with Crippen LogP contribution >= 0.6 is 0 Å². The first-order chi connectivity index (χ1) is 8.18. The Hall–Kier alpha value is -2.23. The van der Waals surface area contributed by atoms with Crippen molar-refractivity contribution >= 4 is 11.5 Å².